The Morgan fingerprint density at radius 1 is 1.35 bits per heavy atom. The van der Waals surface area contributed by atoms with Crippen LogP contribution in [0, 0.1) is 0 Å². The third kappa shape index (κ3) is 4.09. The van der Waals surface area contributed by atoms with Gasteiger partial charge in [-0.2, -0.15) is 11.8 Å². The number of nitrogens with one attached hydrogen (secondary N) is 1. The Labute approximate surface area is 114 Å². The van der Waals surface area contributed by atoms with E-state index in [1.54, 1.807) is 0 Å². The molecule has 1 saturated heterocycles. The van der Waals surface area contributed by atoms with Crippen molar-refractivity contribution in [2.75, 3.05) is 5.75 Å². The third-order valence-electron chi connectivity index (χ3n) is 3.43. The number of hydrogen-bond acceptors (Lipinski definition) is 3. The van der Waals surface area contributed by atoms with E-state index in [0.717, 1.165) is 5.25 Å². The molecule has 17 heavy (non-hydrogen) atoms. The molecule has 1 saturated carbocycles. The molecule has 1 aliphatic heterocycles. The largest absolute Gasteiger partial charge is 0.362 e. The number of hydrogen-bond donors (Lipinski definition) is 1. The SMILES string of the molecule is CCSC1CCC(N=C2NC(C)CC(C)S2)C1. The molecule has 4 unspecified atom stereocenters. The summed E-state index contributed by atoms with van der Waals surface area (Å²) >= 11 is 4.03. The highest BCUT2D eigenvalue weighted by atomic mass is 32.2. The zero-order valence-corrected chi connectivity index (χ0v) is 12.7. The van der Waals surface area contributed by atoms with E-state index in [2.05, 4.69) is 37.8 Å². The van der Waals surface area contributed by atoms with E-state index in [0.29, 0.717) is 17.3 Å². The van der Waals surface area contributed by atoms with Crippen LogP contribution in [0.1, 0.15) is 46.5 Å². The van der Waals surface area contributed by atoms with Crippen LogP contribution >= 0.6 is 23.5 Å². The summed E-state index contributed by atoms with van der Waals surface area (Å²) < 4.78 is 0. The normalized spacial score (nSPS) is 40.5. The summed E-state index contributed by atoms with van der Waals surface area (Å²) in [5, 5.41) is 6.30. The van der Waals surface area contributed by atoms with Crippen molar-refractivity contribution in [1.82, 2.24) is 5.32 Å². The van der Waals surface area contributed by atoms with Crippen LogP contribution < -0.4 is 5.32 Å². The molecular formula is C13H24N2S2. The van der Waals surface area contributed by atoms with Crippen LogP contribution in [0.15, 0.2) is 4.99 Å². The quantitative estimate of drug-likeness (QED) is 0.850. The molecule has 2 aliphatic rings. The zero-order chi connectivity index (χ0) is 12.3. The molecule has 0 aromatic carbocycles. The van der Waals surface area contributed by atoms with E-state index in [4.69, 9.17) is 4.99 Å². The Balaban J connectivity index is 1.87. The molecule has 0 radical (unpaired) electrons. The Bertz CT molecular complexity index is 269. The number of amidine groups is 1. The van der Waals surface area contributed by atoms with Crippen molar-refractivity contribution in [3.63, 3.8) is 0 Å². The smallest absolute Gasteiger partial charge is 0.157 e. The van der Waals surface area contributed by atoms with Crippen molar-refractivity contribution < 1.29 is 0 Å². The number of aliphatic imine (C=N–C) groups is 1. The van der Waals surface area contributed by atoms with Gasteiger partial charge < -0.3 is 5.32 Å². The lowest BCUT2D eigenvalue weighted by atomic mass is 10.2. The molecule has 0 aromatic rings. The summed E-state index contributed by atoms with van der Waals surface area (Å²) in [4.78, 5) is 4.92. The van der Waals surface area contributed by atoms with E-state index in [1.807, 2.05) is 11.8 Å². The molecule has 4 heteroatoms. The summed E-state index contributed by atoms with van der Waals surface area (Å²) in [5.74, 6) is 1.25. The molecule has 2 nitrogen and oxygen atoms in total. The average Bonchev–Trinajstić information content (AvgIpc) is 2.64. The highest BCUT2D eigenvalue weighted by Crippen LogP contribution is 2.32. The molecule has 0 amide bonds. The van der Waals surface area contributed by atoms with Crippen molar-refractivity contribution in [1.29, 1.82) is 0 Å². The standard InChI is InChI=1S/C13H24N2S2/c1-4-16-12-6-5-11(8-12)15-13-14-9(2)7-10(3)17-13/h9-12H,4-8H2,1-3H3,(H,14,15). The number of rotatable bonds is 3. The summed E-state index contributed by atoms with van der Waals surface area (Å²) in [7, 11) is 0. The van der Waals surface area contributed by atoms with Crippen LogP contribution in [0.3, 0.4) is 0 Å². The van der Waals surface area contributed by atoms with Crippen molar-refractivity contribution in [3.8, 4) is 0 Å². The van der Waals surface area contributed by atoms with Gasteiger partial charge in [0.1, 0.15) is 0 Å². The molecular weight excluding hydrogens is 248 g/mol. The van der Waals surface area contributed by atoms with Crippen LogP contribution in [0.5, 0.6) is 0 Å². The van der Waals surface area contributed by atoms with Crippen LogP contribution in [-0.2, 0) is 0 Å². The minimum atomic E-state index is 0.576. The van der Waals surface area contributed by atoms with Crippen molar-refractivity contribution in [2.24, 2.45) is 4.99 Å². The Kier molecular flexibility index (Phi) is 5.10. The monoisotopic (exact) mass is 272 g/mol. The minimum Gasteiger partial charge on any atom is -0.362 e. The highest BCUT2D eigenvalue weighted by molar-refractivity contribution is 8.14. The fourth-order valence-electron chi connectivity index (χ4n) is 2.70. The van der Waals surface area contributed by atoms with Gasteiger partial charge in [-0.15, -0.1) is 0 Å². The fourth-order valence-corrected chi connectivity index (χ4v) is 5.07. The second kappa shape index (κ2) is 6.37. The second-order valence-electron chi connectivity index (χ2n) is 5.19. The minimum absolute atomic E-state index is 0.576. The van der Waals surface area contributed by atoms with E-state index in [1.165, 1.54) is 36.6 Å². The van der Waals surface area contributed by atoms with Gasteiger partial charge in [0.2, 0.25) is 0 Å². The maximum absolute atomic E-state index is 4.92. The first kappa shape index (κ1) is 13.6. The van der Waals surface area contributed by atoms with Crippen molar-refractivity contribution >= 4 is 28.7 Å². The molecule has 0 aromatic heterocycles. The van der Waals surface area contributed by atoms with Crippen LogP contribution in [-0.4, -0.2) is 33.5 Å². The van der Waals surface area contributed by atoms with Gasteiger partial charge in [0.05, 0.1) is 6.04 Å². The van der Waals surface area contributed by atoms with Crippen LogP contribution in [0.4, 0.5) is 0 Å². The van der Waals surface area contributed by atoms with E-state index >= 15 is 0 Å². The molecule has 2 fully saturated rings. The number of thioether (sulfide) groups is 2. The Morgan fingerprint density at radius 2 is 2.18 bits per heavy atom. The van der Waals surface area contributed by atoms with Crippen LogP contribution in [0.2, 0.25) is 0 Å². The Hall–Kier alpha value is 0.170. The molecule has 98 valence electrons. The third-order valence-corrected chi connectivity index (χ3v) is 5.70. The summed E-state index contributed by atoms with van der Waals surface area (Å²) in [6.45, 7) is 6.82. The van der Waals surface area contributed by atoms with Crippen LogP contribution in [0.25, 0.3) is 0 Å². The first-order valence-electron chi connectivity index (χ1n) is 6.80. The summed E-state index contributed by atoms with van der Waals surface area (Å²) in [5.41, 5.74) is 0. The lowest BCUT2D eigenvalue weighted by molar-refractivity contribution is 0.592. The highest BCUT2D eigenvalue weighted by Gasteiger charge is 2.26. The summed E-state index contributed by atoms with van der Waals surface area (Å²) in [6, 6.07) is 1.17. The molecule has 4 atom stereocenters. The molecule has 2 rings (SSSR count). The zero-order valence-electron chi connectivity index (χ0n) is 11.1. The topological polar surface area (TPSA) is 24.4 Å². The fraction of sp³-hybridized carbons (Fsp3) is 0.923. The maximum atomic E-state index is 4.92. The van der Waals surface area contributed by atoms with Gasteiger partial charge in [-0.1, -0.05) is 25.6 Å². The first-order chi connectivity index (χ1) is 8.17. The molecule has 1 heterocycles. The van der Waals surface area contributed by atoms with Gasteiger partial charge in [0.15, 0.2) is 5.17 Å². The first-order valence-corrected chi connectivity index (χ1v) is 8.72. The van der Waals surface area contributed by atoms with Gasteiger partial charge in [0.25, 0.3) is 0 Å². The van der Waals surface area contributed by atoms with Crippen molar-refractivity contribution in [2.45, 2.75) is 69.0 Å². The molecule has 1 N–H and O–H groups in total. The predicted octanol–water partition coefficient (Wildman–Crippen LogP) is 3.52. The predicted molar refractivity (Wildman–Crippen MR) is 81.3 cm³/mol. The summed E-state index contributed by atoms with van der Waals surface area (Å²) in [6.07, 6.45) is 5.18. The maximum Gasteiger partial charge on any atom is 0.157 e. The van der Waals surface area contributed by atoms with Gasteiger partial charge in [-0.3, -0.25) is 4.99 Å². The molecule has 0 spiro atoms. The lowest BCUT2D eigenvalue weighted by Gasteiger charge is -2.27. The Morgan fingerprint density at radius 3 is 2.88 bits per heavy atom. The molecule has 0 bridgehead atoms. The van der Waals surface area contributed by atoms with Gasteiger partial charge in [0, 0.05) is 16.5 Å². The van der Waals surface area contributed by atoms with E-state index < -0.39 is 0 Å². The van der Waals surface area contributed by atoms with E-state index in [9.17, 15) is 0 Å². The lowest BCUT2D eigenvalue weighted by Crippen LogP contribution is -2.39. The average molecular weight is 272 g/mol. The second-order valence-corrected chi connectivity index (χ2v) is 8.19. The van der Waals surface area contributed by atoms with Gasteiger partial charge in [-0.05, 0) is 38.4 Å². The number of nitrogens with zero attached hydrogens (tertiary/aromatic N) is 1. The van der Waals surface area contributed by atoms with Gasteiger partial charge in [-0.25, -0.2) is 0 Å². The van der Waals surface area contributed by atoms with Gasteiger partial charge >= 0.3 is 0 Å². The van der Waals surface area contributed by atoms with E-state index in [-0.39, 0.29) is 0 Å². The molecule has 1 aliphatic carbocycles. The van der Waals surface area contributed by atoms with Crippen molar-refractivity contribution in [3.05, 3.63) is 0 Å².